The molecule has 0 aromatic heterocycles. The molecule has 2 unspecified atom stereocenters. The van der Waals surface area contributed by atoms with Gasteiger partial charge in [0.2, 0.25) is 0 Å². The zero-order chi connectivity index (χ0) is 12.3. The van der Waals surface area contributed by atoms with Crippen LogP contribution in [0.3, 0.4) is 0 Å². The molecule has 0 saturated heterocycles. The van der Waals surface area contributed by atoms with Gasteiger partial charge in [0.1, 0.15) is 5.82 Å². The van der Waals surface area contributed by atoms with Crippen LogP contribution in [0, 0.1) is 11.7 Å². The Morgan fingerprint density at radius 3 is 2.69 bits per heavy atom. The lowest BCUT2D eigenvalue weighted by Crippen LogP contribution is -2.13. The fourth-order valence-electron chi connectivity index (χ4n) is 1.29. The Bertz CT molecular complexity index is 395. The van der Waals surface area contributed by atoms with E-state index >= 15 is 0 Å². The Morgan fingerprint density at radius 1 is 1.56 bits per heavy atom. The van der Waals surface area contributed by atoms with E-state index in [4.69, 9.17) is 5.11 Å². The molecule has 0 aliphatic carbocycles. The lowest BCUT2D eigenvalue weighted by molar-refractivity contribution is -0.142. The van der Waals surface area contributed by atoms with Gasteiger partial charge in [-0.15, -0.1) is 0 Å². The highest BCUT2D eigenvalue weighted by molar-refractivity contribution is 9.10. The average molecular weight is 291 g/mol. The van der Waals surface area contributed by atoms with Crippen molar-refractivity contribution in [2.24, 2.45) is 5.92 Å². The van der Waals surface area contributed by atoms with Crippen LogP contribution in [0.4, 0.5) is 4.39 Å². The second-order valence-electron chi connectivity index (χ2n) is 3.66. The van der Waals surface area contributed by atoms with E-state index in [-0.39, 0.29) is 6.42 Å². The van der Waals surface area contributed by atoms with Gasteiger partial charge in [0.25, 0.3) is 0 Å². The molecule has 2 N–H and O–H groups in total. The van der Waals surface area contributed by atoms with E-state index in [1.165, 1.54) is 19.1 Å². The zero-order valence-corrected chi connectivity index (χ0v) is 10.2. The van der Waals surface area contributed by atoms with Crippen LogP contribution in [0.1, 0.15) is 25.0 Å². The van der Waals surface area contributed by atoms with Crippen LogP contribution in [0.5, 0.6) is 0 Å². The quantitative estimate of drug-likeness (QED) is 0.896. The minimum Gasteiger partial charge on any atom is -0.481 e. The van der Waals surface area contributed by atoms with Crippen molar-refractivity contribution in [3.05, 3.63) is 34.1 Å². The smallest absolute Gasteiger partial charge is 0.306 e. The van der Waals surface area contributed by atoms with Crippen molar-refractivity contribution in [1.82, 2.24) is 0 Å². The second-order valence-corrected chi connectivity index (χ2v) is 4.52. The number of aliphatic hydroxyl groups excluding tert-OH is 1. The van der Waals surface area contributed by atoms with Gasteiger partial charge < -0.3 is 10.2 Å². The molecule has 0 bridgehead atoms. The first-order valence-electron chi connectivity index (χ1n) is 4.77. The fraction of sp³-hybridized carbons (Fsp3) is 0.364. The van der Waals surface area contributed by atoms with Crippen molar-refractivity contribution >= 4 is 21.9 Å². The molecule has 1 aromatic carbocycles. The third kappa shape index (κ3) is 3.28. The highest BCUT2D eigenvalue weighted by atomic mass is 79.9. The van der Waals surface area contributed by atoms with Crippen LogP contribution in [0.15, 0.2) is 22.7 Å². The summed E-state index contributed by atoms with van der Waals surface area (Å²) in [6.07, 6.45) is -0.898. The minimum absolute atomic E-state index is 0.0659. The topological polar surface area (TPSA) is 57.5 Å². The van der Waals surface area contributed by atoms with E-state index in [1.807, 2.05) is 0 Å². The van der Waals surface area contributed by atoms with Gasteiger partial charge in [-0.2, -0.15) is 0 Å². The second kappa shape index (κ2) is 5.41. The molecule has 0 aliphatic rings. The summed E-state index contributed by atoms with van der Waals surface area (Å²) >= 11 is 3.00. The third-order valence-electron chi connectivity index (χ3n) is 2.33. The monoisotopic (exact) mass is 290 g/mol. The lowest BCUT2D eigenvalue weighted by atomic mass is 9.98. The van der Waals surface area contributed by atoms with E-state index in [0.29, 0.717) is 10.0 Å². The maximum Gasteiger partial charge on any atom is 0.306 e. The van der Waals surface area contributed by atoms with Crippen LogP contribution >= 0.6 is 15.9 Å². The van der Waals surface area contributed by atoms with E-state index in [2.05, 4.69) is 15.9 Å². The number of carbonyl (C=O) groups is 1. The number of benzene rings is 1. The van der Waals surface area contributed by atoms with Gasteiger partial charge in [-0.1, -0.05) is 13.0 Å². The Kier molecular flexibility index (Phi) is 4.44. The molecule has 0 radical (unpaired) electrons. The van der Waals surface area contributed by atoms with Gasteiger partial charge in [-0.05, 0) is 40.0 Å². The number of rotatable bonds is 4. The van der Waals surface area contributed by atoms with E-state index in [0.717, 1.165) is 0 Å². The summed E-state index contributed by atoms with van der Waals surface area (Å²) in [7, 11) is 0. The molecule has 5 heteroatoms. The van der Waals surface area contributed by atoms with Crippen LogP contribution < -0.4 is 0 Å². The number of hydrogen-bond donors (Lipinski definition) is 2. The summed E-state index contributed by atoms with van der Waals surface area (Å²) in [5, 5.41) is 18.4. The first-order chi connectivity index (χ1) is 7.41. The normalized spacial score (nSPS) is 14.5. The highest BCUT2D eigenvalue weighted by Crippen LogP contribution is 2.25. The number of halogens is 2. The fourth-order valence-corrected chi connectivity index (χ4v) is 1.54. The van der Waals surface area contributed by atoms with Crippen LogP contribution in [-0.2, 0) is 4.79 Å². The molecule has 0 fully saturated rings. The molecule has 16 heavy (non-hydrogen) atoms. The van der Waals surface area contributed by atoms with Gasteiger partial charge in [0, 0.05) is 0 Å². The Balaban J connectivity index is 2.76. The van der Waals surface area contributed by atoms with E-state index in [9.17, 15) is 14.3 Å². The zero-order valence-electron chi connectivity index (χ0n) is 8.65. The number of hydrogen-bond acceptors (Lipinski definition) is 2. The first kappa shape index (κ1) is 13.1. The molecule has 0 saturated carbocycles. The molecule has 1 rings (SSSR count). The molecule has 0 spiro atoms. The van der Waals surface area contributed by atoms with Gasteiger partial charge in [0.15, 0.2) is 0 Å². The molecular weight excluding hydrogens is 279 g/mol. The molecule has 0 aliphatic heterocycles. The SMILES string of the molecule is CC(CC(O)c1ccc(Br)c(F)c1)C(=O)O. The van der Waals surface area contributed by atoms with E-state index < -0.39 is 23.8 Å². The Morgan fingerprint density at radius 2 is 2.19 bits per heavy atom. The summed E-state index contributed by atoms with van der Waals surface area (Å²) in [5.74, 6) is -2.11. The van der Waals surface area contributed by atoms with Gasteiger partial charge in [-0.25, -0.2) is 4.39 Å². The molecule has 0 amide bonds. The first-order valence-corrected chi connectivity index (χ1v) is 5.57. The van der Waals surface area contributed by atoms with Crippen molar-refractivity contribution in [3.8, 4) is 0 Å². The lowest BCUT2D eigenvalue weighted by Gasteiger charge is -2.13. The standard InChI is InChI=1S/C11H12BrFO3/c1-6(11(15)16)4-10(14)7-2-3-8(12)9(13)5-7/h2-3,5-6,10,14H,4H2,1H3,(H,15,16). The van der Waals surface area contributed by atoms with Crippen LogP contribution in [-0.4, -0.2) is 16.2 Å². The maximum atomic E-state index is 13.2. The number of aliphatic carboxylic acids is 1. The summed E-state index contributed by atoms with van der Waals surface area (Å²) < 4.78 is 13.5. The third-order valence-corrected chi connectivity index (χ3v) is 2.97. The summed E-state index contributed by atoms with van der Waals surface area (Å²) in [6.45, 7) is 1.50. The molecular formula is C11H12BrFO3. The predicted octanol–water partition coefficient (Wildman–Crippen LogP) is 2.73. The van der Waals surface area contributed by atoms with Crippen LogP contribution in [0.2, 0.25) is 0 Å². The van der Waals surface area contributed by atoms with Crippen molar-refractivity contribution < 1.29 is 19.4 Å². The largest absolute Gasteiger partial charge is 0.481 e. The number of carboxylic acids is 1. The molecule has 0 heterocycles. The van der Waals surface area contributed by atoms with Gasteiger partial charge in [-0.3, -0.25) is 4.79 Å². The highest BCUT2D eigenvalue weighted by Gasteiger charge is 2.18. The molecule has 88 valence electrons. The Hall–Kier alpha value is -0.940. The van der Waals surface area contributed by atoms with Crippen molar-refractivity contribution in [3.63, 3.8) is 0 Å². The average Bonchev–Trinajstić information content (AvgIpc) is 2.21. The molecule has 2 atom stereocenters. The predicted molar refractivity (Wildman–Crippen MR) is 60.5 cm³/mol. The minimum atomic E-state index is -0.975. The maximum absolute atomic E-state index is 13.2. The molecule has 3 nitrogen and oxygen atoms in total. The van der Waals surface area contributed by atoms with Gasteiger partial charge in [0.05, 0.1) is 16.5 Å². The van der Waals surface area contributed by atoms with Crippen LogP contribution in [0.25, 0.3) is 0 Å². The van der Waals surface area contributed by atoms with E-state index in [1.54, 1.807) is 6.07 Å². The molecule has 1 aromatic rings. The summed E-state index contributed by atoms with van der Waals surface area (Å²) in [5.41, 5.74) is 0.383. The number of carboxylic acid groups (broad SMARTS) is 1. The summed E-state index contributed by atoms with van der Waals surface area (Å²) in [4.78, 5) is 10.6. The van der Waals surface area contributed by atoms with Crippen molar-refractivity contribution in [2.75, 3.05) is 0 Å². The number of aliphatic hydroxyl groups is 1. The summed E-state index contributed by atoms with van der Waals surface area (Å²) in [6, 6.07) is 4.25. The Labute approximate surface area is 101 Å². The van der Waals surface area contributed by atoms with Crippen molar-refractivity contribution in [2.45, 2.75) is 19.4 Å². The van der Waals surface area contributed by atoms with Crippen molar-refractivity contribution in [1.29, 1.82) is 0 Å². The van der Waals surface area contributed by atoms with Gasteiger partial charge >= 0.3 is 5.97 Å².